The van der Waals surface area contributed by atoms with Crippen molar-refractivity contribution in [2.45, 2.75) is 45.1 Å². The lowest BCUT2D eigenvalue weighted by Gasteiger charge is -2.34. The molecule has 0 saturated carbocycles. The molecule has 152 valence electrons. The van der Waals surface area contributed by atoms with Crippen LogP contribution in [0.25, 0.3) is 0 Å². The highest BCUT2D eigenvalue weighted by Crippen LogP contribution is 2.21. The van der Waals surface area contributed by atoms with Crippen LogP contribution >= 0.6 is 0 Å². The van der Waals surface area contributed by atoms with Crippen molar-refractivity contribution in [1.82, 2.24) is 20.0 Å². The third-order valence-corrected chi connectivity index (χ3v) is 4.57. The van der Waals surface area contributed by atoms with Crippen LogP contribution in [0.1, 0.15) is 50.7 Å². The number of aromatic nitrogens is 2. The summed E-state index contributed by atoms with van der Waals surface area (Å²) in [6, 6.07) is 0. The zero-order valence-electron chi connectivity index (χ0n) is 16.8. The molecule has 27 heavy (non-hydrogen) atoms. The van der Waals surface area contributed by atoms with Crippen LogP contribution in [-0.4, -0.2) is 66.5 Å². The zero-order chi connectivity index (χ0) is 19.5. The number of carbonyl (C=O) groups excluding carboxylic acids is 1. The Bertz CT molecular complexity index is 602. The summed E-state index contributed by atoms with van der Waals surface area (Å²) >= 11 is 0. The molecule has 1 atom stereocenters. The van der Waals surface area contributed by atoms with Gasteiger partial charge in [0.1, 0.15) is 6.10 Å². The Morgan fingerprint density at radius 1 is 1.41 bits per heavy atom. The first kappa shape index (κ1) is 21.2. The lowest BCUT2D eigenvalue weighted by Crippen LogP contribution is -2.48. The molecule has 1 aromatic heterocycles. The number of rotatable bonds is 9. The Morgan fingerprint density at radius 3 is 2.93 bits per heavy atom. The van der Waals surface area contributed by atoms with E-state index in [2.05, 4.69) is 20.3 Å². The van der Waals surface area contributed by atoms with Crippen molar-refractivity contribution in [3.05, 3.63) is 18.0 Å². The number of nitrogens with zero attached hydrogens (tertiary/aromatic N) is 4. The van der Waals surface area contributed by atoms with E-state index in [1.807, 2.05) is 33.4 Å². The van der Waals surface area contributed by atoms with Gasteiger partial charge in [0.25, 0.3) is 0 Å². The molecular formula is C19H33N5O3. The number of aliphatic imine (C=N–C) groups is 1. The van der Waals surface area contributed by atoms with Gasteiger partial charge in [0, 0.05) is 45.4 Å². The Labute approximate surface area is 161 Å². The summed E-state index contributed by atoms with van der Waals surface area (Å²) < 4.78 is 12.6. The average Bonchev–Trinajstić information content (AvgIpc) is 3.11. The molecular weight excluding hydrogens is 346 g/mol. The summed E-state index contributed by atoms with van der Waals surface area (Å²) in [4.78, 5) is 17.9. The molecule has 1 saturated heterocycles. The van der Waals surface area contributed by atoms with Gasteiger partial charge < -0.3 is 19.7 Å². The Balaban J connectivity index is 1.65. The minimum Gasteiger partial charge on any atom is -0.466 e. The third kappa shape index (κ3) is 7.21. The van der Waals surface area contributed by atoms with Crippen molar-refractivity contribution in [1.29, 1.82) is 0 Å². The molecule has 1 aliphatic heterocycles. The summed E-state index contributed by atoms with van der Waals surface area (Å²) in [5, 5.41) is 7.68. The molecule has 0 aliphatic carbocycles. The molecule has 0 aromatic carbocycles. The van der Waals surface area contributed by atoms with Crippen LogP contribution in [0.5, 0.6) is 0 Å². The number of hydrogen-bond acceptors (Lipinski definition) is 5. The van der Waals surface area contributed by atoms with E-state index in [-0.39, 0.29) is 12.1 Å². The van der Waals surface area contributed by atoms with Gasteiger partial charge in [0.2, 0.25) is 0 Å². The van der Waals surface area contributed by atoms with Gasteiger partial charge in [-0.05, 0) is 19.8 Å². The highest BCUT2D eigenvalue weighted by atomic mass is 16.5. The minimum atomic E-state index is -0.0912. The second-order valence-corrected chi connectivity index (χ2v) is 6.70. The van der Waals surface area contributed by atoms with E-state index in [9.17, 15) is 4.79 Å². The van der Waals surface area contributed by atoms with Crippen molar-refractivity contribution >= 4 is 11.9 Å². The summed E-state index contributed by atoms with van der Waals surface area (Å²) in [7, 11) is 3.73. The fraction of sp³-hybridized carbons (Fsp3) is 0.737. The van der Waals surface area contributed by atoms with Gasteiger partial charge in [0.05, 0.1) is 26.0 Å². The van der Waals surface area contributed by atoms with E-state index in [1.54, 1.807) is 4.68 Å². The number of unbranched alkanes of at least 4 members (excludes halogenated alkanes) is 3. The number of aryl methyl sites for hydroxylation is 1. The fourth-order valence-electron chi connectivity index (χ4n) is 3.16. The molecule has 1 fully saturated rings. The summed E-state index contributed by atoms with van der Waals surface area (Å²) in [6.45, 7) is 5.45. The molecule has 0 radical (unpaired) electrons. The van der Waals surface area contributed by atoms with Gasteiger partial charge in [0.15, 0.2) is 5.96 Å². The van der Waals surface area contributed by atoms with Crippen LogP contribution in [0.15, 0.2) is 17.4 Å². The van der Waals surface area contributed by atoms with Crippen LogP contribution in [0.4, 0.5) is 0 Å². The number of guanidine groups is 1. The third-order valence-electron chi connectivity index (χ3n) is 4.57. The van der Waals surface area contributed by atoms with Crippen LogP contribution in [0.3, 0.4) is 0 Å². The number of carbonyl (C=O) groups is 1. The van der Waals surface area contributed by atoms with Crippen molar-refractivity contribution in [3.8, 4) is 0 Å². The second kappa shape index (κ2) is 11.6. The maximum atomic E-state index is 11.3. The van der Waals surface area contributed by atoms with Crippen LogP contribution in [0, 0.1) is 0 Å². The van der Waals surface area contributed by atoms with Crippen LogP contribution < -0.4 is 5.32 Å². The smallest absolute Gasteiger partial charge is 0.305 e. The Hall–Kier alpha value is -2.09. The normalized spacial score (nSPS) is 17.8. The van der Waals surface area contributed by atoms with Crippen molar-refractivity contribution in [2.75, 3.05) is 39.9 Å². The summed E-state index contributed by atoms with van der Waals surface area (Å²) in [5.74, 6) is 0.824. The quantitative estimate of drug-likeness (QED) is 0.305. The molecule has 0 amide bonds. The number of ether oxygens (including phenoxy) is 2. The molecule has 2 heterocycles. The van der Waals surface area contributed by atoms with E-state index in [4.69, 9.17) is 9.47 Å². The fourth-order valence-corrected chi connectivity index (χ4v) is 3.16. The first-order chi connectivity index (χ1) is 13.1. The number of morpholine rings is 1. The Kier molecular flexibility index (Phi) is 9.10. The van der Waals surface area contributed by atoms with Crippen LogP contribution in [0.2, 0.25) is 0 Å². The molecule has 0 spiro atoms. The zero-order valence-corrected chi connectivity index (χ0v) is 16.8. The van der Waals surface area contributed by atoms with E-state index < -0.39 is 0 Å². The highest BCUT2D eigenvalue weighted by Gasteiger charge is 2.24. The standard InChI is InChI=1S/C19H33N5O3/c1-4-26-18(25)9-7-5-6-8-10-21-19(20-2)24-11-12-27-17(15-24)16-13-22-23(3)14-16/h13-14,17H,4-12,15H2,1-3H3,(H,20,21). The van der Waals surface area contributed by atoms with E-state index in [1.165, 1.54) is 0 Å². The molecule has 1 aromatic rings. The topological polar surface area (TPSA) is 81.0 Å². The lowest BCUT2D eigenvalue weighted by atomic mass is 10.1. The molecule has 1 N–H and O–H groups in total. The van der Waals surface area contributed by atoms with Crippen molar-refractivity contribution < 1.29 is 14.3 Å². The van der Waals surface area contributed by atoms with Crippen LogP contribution in [-0.2, 0) is 21.3 Å². The van der Waals surface area contributed by atoms with E-state index in [0.717, 1.165) is 56.8 Å². The van der Waals surface area contributed by atoms with Crippen molar-refractivity contribution in [3.63, 3.8) is 0 Å². The summed E-state index contributed by atoms with van der Waals surface area (Å²) in [5.41, 5.74) is 1.10. The molecule has 1 unspecified atom stereocenters. The summed E-state index contributed by atoms with van der Waals surface area (Å²) in [6.07, 6.45) is 8.48. The number of nitrogens with one attached hydrogen (secondary N) is 1. The second-order valence-electron chi connectivity index (χ2n) is 6.70. The molecule has 0 bridgehead atoms. The van der Waals surface area contributed by atoms with Gasteiger partial charge in [-0.2, -0.15) is 5.10 Å². The van der Waals surface area contributed by atoms with Gasteiger partial charge >= 0.3 is 5.97 Å². The Morgan fingerprint density at radius 2 is 2.22 bits per heavy atom. The highest BCUT2D eigenvalue weighted by molar-refractivity contribution is 5.80. The molecule has 8 heteroatoms. The number of esters is 1. The minimum absolute atomic E-state index is 0.0221. The first-order valence-electron chi connectivity index (χ1n) is 9.85. The number of hydrogen-bond donors (Lipinski definition) is 1. The maximum absolute atomic E-state index is 11.3. The first-order valence-corrected chi connectivity index (χ1v) is 9.85. The van der Waals surface area contributed by atoms with E-state index >= 15 is 0 Å². The van der Waals surface area contributed by atoms with E-state index in [0.29, 0.717) is 19.6 Å². The van der Waals surface area contributed by atoms with Crippen molar-refractivity contribution in [2.24, 2.45) is 12.0 Å². The van der Waals surface area contributed by atoms with Gasteiger partial charge in [-0.3, -0.25) is 14.5 Å². The SMILES string of the molecule is CCOC(=O)CCCCCCNC(=NC)N1CCOC(c2cnn(C)c2)C1. The van der Waals surface area contributed by atoms with Gasteiger partial charge in [-0.1, -0.05) is 12.8 Å². The predicted molar refractivity (Wildman–Crippen MR) is 105 cm³/mol. The van der Waals surface area contributed by atoms with Gasteiger partial charge in [-0.15, -0.1) is 0 Å². The molecule has 2 rings (SSSR count). The lowest BCUT2D eigenvalue weighted by molar-refractivity contribution is -0.143. The van der Waals surface area contributed by atoms with Gasteiger partial charge in [-0.25, -0.2) is 0 Å². The average molecular weight is 380 g/mol. The molecule has 8 nitrogen and oxygen atoms in total. The predicted octanol–water partition coefficient (Wildman–Crippen LogP) is 1.88. The maximum Gasteiger partial charge on any atom is 0.305 e. The monoisotopic (exact) mass is 379 g/mol. The largest absolute Gasteiger partial charge is 0.466 e. The molecule has 1 aliphatic rings.